The van der Waals surface area contributed by atoms with Crippen LogP contribution < -0.4 is 11.1 Å². The zero-order chi connectivity index (χ0) is 12.0. The minimum Gasteiger partial charge on any atom is -0.356 e. The van der Waals surface area contributed by atoms with Crippen LogP contribution in [0, 0.1) is 5.41 Å². The van der Waals surface area contributed by atoms with E-state index in [1.165, 1.54) is 0 Å². The molecule has 4 heteroatoms. The van der Waals surface area contributed by atoms with Crippen molar-refractivity contribution in [2.24, 2.45) is 11.1 Å². The molecule has 16 heavy (non-hydrogen) atoms. The minimum absolute atomic E-state index is 0.172. The number of amides is 1. The molecule has 1 aliphatic carbocycles. The number of hydrogen-bond acceptors (Lipinski definition) is 3. The molecular weight excluding hydrogens is 202 g/mol. The Kier molecular flexibility index (Phi) is 5.22. The Morgan fingerprint density at radius 3 is 2.50 bits per heavy atom. The van der Waals surface area contributed by atoms with Gasteiger partial charge in [0, 0.05) is 13.1 Å². The summed E-state index contributed by atoms with van der Waals surface area (Å²) in [5.41, 5.74) is 5.50. The summed E-state index contributed by atoms with van der Waals surface area (Å²) >= 11 is 0. The van der Waals surface area contributed by atoms with E-state index in [1.54, 1.807) is 0 Å². The first-order valence-electron chi connectivity index (χ1n) is 6.24. The summed E-state index contributed by atoms with van der Waals surface area (Å²) in [5.74, 6) is 0.172. The third kappa shape index (κ3) is 3.46. The summed E-state index contributed by atoms with van der Waals surface area (Å²) in [6.45, 7) is 2.27. The normalized spacial score (nSPS) is 19.0. The van der Waals surface area contributed by atoms with Gasteiger partial charge >= 0.3 is 0 Å². The van der Waals surface area contributed by atoms with Gasteiger partial charge in [-0.1, -0.05) is 12.8 Å². The van der Waals surface area contributed by atoms with Crippen LogP contribution in [0.5, 0.6) is 0 Å². The molecule has 0 aromatic heterocycles. The van der Waals surface area contributed by atoms with Gasteiger partial charge in [0.15, 0.2) is 0 Å². The molecule has 0 radical (unpaired) electrons. The second-order valence-corrected chi connectivity index (χ2v) is 5.10. The molecule has 0 aromatic carbocycles. The number of hydrogen-bond donors (Lipinski definition) is 2. The number of nitrogens with one attached hydrogen (secondary N) is 1. The van der Waals surface area contributed by atoms with Crippen molar-refractivity contribution in [3.05, 3.63) is 0 Å². The summed E-state index contributed by atoms with van der Waals surface area (Å²) in [6, 6.07) is 0. The van der Waals surface area contributed by atoms with Crippen molar-refractivity contribution < 1.29 is 4.79 Å². The second-order valence-electron chi connectivity index (χ2n) is 5.10. The van der Waals surface area contributed by atoms with Crippen LogP contribution in [0.15, 0.2) is 0 Å². The molecular formula is C12H25N3O. The zero-order valence-corrected chi connectivity index (χ0v) is 10.6. The molecule has 0 aliphatic heterocycles. The first-order valence-corrected chi connectivity index (χ1v) is 6.24. The smallest absolute Gasteiger partial charge is 0.227 e. The van der Waals surface area contributed by atoms with Crippen molar-refractivity contribution in [3.8, 4) is 0 Å². The molecule has 1 amide bonds. The topological polar surface area (TPSA) is 58.4 Å². The highest BCUT2D eigenvalue weighted by molar-refractivity contribution is 5.83. The van der Waals surface area contributed by atoms with Gasteiger partial charge < -0.3 is 16.0 Å². The molecule has 0 unspecified atom stereocenters. The fraction of sp³-hybridized carbons (Fsp3) is 0.917. The molecule has 0 bridgehead atoms. The third-order valence-electron chi connectivity index (χ3n) is 3.50. The van der Waals surface area contributed by atoms with Gasteiger partial charge in [-0.25, -0.2) is 0 Å². The fourth-order valence-electron chi connectivity index (χ4n) is 2.36. The second kappa shape index (κ2) is 6.21. The van der Waals surface area contributed by atoms with E-state index in [-0.39, 0.29) is 11.3 Å². The fourth-order valence-corrected chi connectivity index (χ4v) is 2.36. The lowest BCUT2D eigenvalue weighted by Gasteiger charge is -2.25. The third-order valence-corrected chi connectivity index (χ3v) is 3.50. The van der Waals surface area contributed by atoms with Gasteiger partial charge in [-0.15, -0.1) is 0 Å². The SMILES string of the molecule is CN(C)CCCNC(=O)C1(CN)CCCC1. The van der Waals surface area contributed by atoms with E-state index in [0.29, 0.717) is 6.54 Å². The predicted molar refractivity (Wildman–Crippen MR) is 66.1 cm³/mol. The predicted octanol–water partition coefficient (Wildman–Crippen LogP) is 0.573. The summed E-state index contributed by atoms with van der Waals surface area (Å²) in [6.07, 6.45) is 5.20. The van der Waals surface area contributed by atoms with E-state index in [2.05, 4.69) is 10.2 Å². The lowest BCUT2D eigenvalue weighted by Crippen LogP contribution is -2.44. The zero-order valence-electron chi connectivity index (χ0n) is 10.6. The van der Waals surface area contributed by atoms with Gasteiger partial charge in [0.2, 0.25) is 5.91 Å². The van der Waals surface area contributed by atoms with E-state index in [4.69, 9.17) is 5.73 Å². The highest BCUT2D eigenvalue weighted by atomic mass is 16.2. The average molecular weight is 227 g/mol. The number of rotatable bonds is 6. The molecule has 0 atom stereocenters. The van der Waals surface area contributed by atoms with Crippen molar-refractivity contribution in [1.29, 1.82) is 0 Å². The maximum atomic E-state index is 12.0. The minimum atomic E-state index is -0.252. The van der Waals surface area contributed by atoms with E-state index in [1.807, 2.05) is 14.1 Å². The Labute approximate surface area is 98.6 Å². The van der Waals surface area contributed by atoms with Crippen molar-refractivity contribution in [2.75, 3.05) is 33.7 Å². The highest BCUT2D eigenvalue weighted by Crippen LogP contribution is 2.37. The monoisotopic (exact) mass is 227 g/mol. The van der Waals surface area contributed by atoms with E-state index in [0.717, 1.165) is 45.2 Å². The van der Waals surface area contributed by atoms with Gasteiger partial charge in [-0.2, -0.15) is 0 Å². The molecule has 4 nitrogen and oxygen atoms in total. The number of nitrogens with two attached hydrogens (primary N) is 1. The molecule has 1 rings (SSSR count). The lowest BCUT2D eigenvalue weighted by atomic mass is 9.85. The lowest BCUT2D eigenvalue weighted by molar-refractivity contribution is -0.130. The number of carbonyl (C=O) groups is 1. The van der Waals surface area contributed by atoms with Gasteiger partial charge in [0.05, 0.1) is 5.41 Å². The quantitative estimate of drug-likeness (QED) is 0.652. The Morgan fingerprint density at radius 1 is 1.38 bits per heavy atom. The molecule has 3 N–H and O–H groups in total. The van der Waals surface area contributed by atoms with Crippen LogP contribution in [0.3, 0.4) is 0 Å². The molecule has 94 valence electrons. The van der Waals surface area contributed by atoms with E-state index >= 15 is 0 Å². The summed E-state index contributed by atoms with van der Waals surface area (Å²) in [5, 5.41) is 3.03. The highest BCUT2D eigenvalue weighted by Gasteiger charge is 2.39. The van der Waals surface area contributed by atoms with Crippen LogP contribution >= 0.6 is 0 Å². The Hall–Kier alpha value is -0.610. The summed E-state index contributed by atoms with van der Waals surface area (Å²) in [4.78, 5) is 14.2. The van der Waals surface area contributed by atoms with Crippen LogP contribution in [0.4, 0.5) is 0 Å². The first-order chi connectivity index (χ1) is 7.60. The maximum absolute atomic E-state index is 12.0. The first kappa shape index (κ1) is 13.5. The van der Waals surface area contributed by atoms with Crippen LogP contribution in [0.25, 0.3) is 0 Å². The van der Waals surface area contributed by atoms with E-state index < -0.39 is 0 Å². The number of carbonyl (C=O) groups excluding carboxylic acids is 1. The van der Waals surface area contributed by atoms with Crippen LogP contribution in [-0.2, 0) is 4.79 Å². The van der Waals surface area contributed by atoms with Crippen LogP contribution in [0.1, 0.15) is 32.1 Å². The average Bonchev–Trinajstić information content (AvgIpc) is 2.73. The van der Waals surface area contributed by atoms with Gasteiger partial charge in [0.25, 0.3) is 0 Å². The standard InChI is InChI=1S/C12H25N3O/c1-15(2)9-5-8-14-11(16)12(10-13)6-3-4-7-12/h3-10,13H2,1-2H3,(H,14,16). The molecule has 0 saturated heterocycles. The molecule has 1 aliphatic rings. The number of nitrogens with zero attached hydrogens (tertiary/aromatic N) is 1. The molecule has 1 fully saturated rings. The largest absolute Gasteiger partial charge is 0.356 e. The van der Waals surface area contributed by atoms with Gasteiger partial charge in [-0.05, 0) is 39.9 Å². The summed E-state index contributed by atoms with van der Waals surface area (Å²) in [7, 11) is 4.08. The Balaban J connectivity index is 2.28. The van der Waals surface area contributed by atoms with E-state index in [9.17, 15) is 4.79 Å². The van der Waals surface area contributed by atoms with Crippen molar-refractivity contribution >= 4 is 5.91 Å². The molecule has 0 spiro atoms. The molecule has 1 saturated carbocycles. The molecule has 0 heterocycles. The maximum Gasteiger partial charge on any atom is 0.227 e. The van der Waals surface area contributed by atoms with Crippen molar-refractivity contribution in [1.82, 2.24) is 10.2 Å². The van der Waals surface area contributed by atoms with Crippen LogP contribution in [0.2, 0.25) is 0 Å². The Morgan fingerprint density at radius 2 is 2.00 bits per heavy atom. The van der Waals surface area contributed by atoms with Crippen molar-refractivity contribution in [3.63, 3.8) is 0 Å². The Bertz CT molecular complexity index is 222. The van der Waals surface area contributed by atoms with Crippen molar-refractivity contribution in [2.45, 2.75) is 32.1 Å². The van der Waals surface area contributed by atoms with Gasteiger partial charge in [0.1, 0.15) is 0 Å². The van der Waals surface area contributed by atoms with Gasteiger partial charge in [-0.3, -0.25) is 4.79 Å². The summed E-state index contributed by atoms with van der Waals surface area (Å²) < 4.78 is 0. The molecule has 0 aromatic rings. The van der Waals surface area contributed by atoms with Crippen LogP contribution in [-0.4, -0.2) is 44.5 Å².